The smallest absolute Gasteiger partial charge is 0.355 e. The first-order valence-corrected chi connectivity index (χ1v) is 6.56. The molecule has 2 aromatic carbocycles. The summed E-state index contributed by atoms with van der Waals surface area (Å²) in [4.78, 5) is 3.29. The number of hydrogen-bond donors (Lipinski definition) is 1. The lowest BCUT2D eigenvalue weighted by atomic mass is 10.2. The zero-order valence-electron chi connectivity index (χ0n) is 11.7. The van der Waals surface area contributed by atoms with Gasteiger partial charge in [-0.3, -0.25) is 0 Å². The highest BCUT2D eigenvalue weighted by molar-refractivity contribution is 5.67. The van der Waals surface area contributed by atoms with Crippen molar-refractivity contribution in [2.45, 2.75) is 6.18 Å². The van der Waals surface area contributed by atoms with Crippen LogP contribution in [0.4, 0.5) is 33.3 Å². The first-order valence-electron chi connectivity index (χ1n) is 6.56. The molecule has 24 heavy (non-hydrogen) atoms. The second-order valence-corrected chi connectivity index (χ2v) is 4.76. The van der Waals surface area contributed by atoms with Crippen molar-refractivity contribution in [2.75, 3.05) is 5.32 Å². The highest BCUT2D eigenvalue weighted by Crippen LogP contribution is 2.30. The van der Waals surface area contributed by atoms with Crippen molar-refractivity contribution < 1.29 is 26.5 Å². The van der Waals surface area contributed by atoms with E-state index in [0.29, 0.717) is 5.69 Å². The minimum absolute atomic E-state index is 0.240. The van der Waals surface area contributed by atoms with Crippen molar-refractivity contribution in [2.24, 2.45) is 0 Å². The van der Waals surface area contributed by atoms with E-state index in [1.807, 2.05) is 0 Å². The van der Waals surface area contributed by atoms with Crippen molar-refractivity contribution in [3.8, 4) is 11.4 Å². The predicted octanol–water partition coefficient (Wildman–Crippen LogP) is 4.78. The van der Waals surface area contributed by atoms with Gasteiger partial charge in [0.25, 0.3) is 0 Å². The van der Waals surface area contributed by atoms with Crippen LogP contribution in [-0.2, 0) is 6.18 Å². The number of hydrogen-bond acceptors (Lipinski definition) is 4. The number of nitrogens with zero attached hydrogens (tertiary/aromatic N) is 2. The predicted molar refractivity (Wildman–Crippen MR) is 74.4 cm³/mol. The molecule has 0 radical (unpaired) electrons. The molecule has 0 spiro atoms. The Morgan fingerprint density at radius 3 is 2.33 bits per heavy atom. The van der Waals surface area contributed by atoms with Crippen molar-refractivity contribution in [3.05, 3.63) is 60.0 Å². The van der Waals surface area contributed by atoms with Crippen LogP contribution in [0.25, 0.3) is 11.4 Å². The second kappa shape index (κ2) is 5.91. The molecule has 3 rings (SSSR count). The van der Waals surface area contributed by atoms with Gasteiger partial charge in [-0.2, -0.15) is 18.2 Å². The number of aromatic nitrogens is 2. The van der Waals surface area contributed by atoms with Gasteiger partial charge in [-0.15, -0.1) is 0 Å². The number of benzene rings is 2. The summed E-state index contributed by atoms with van der Waals surface area (Å²) in [5.41, 5.74) is 0.967. The van der Waals surface area contributed by atoms with Gasteiger partial charge in [-0.1, -0.05) is 17.3 Å². The van der Waals surface area contributed by atoms with E-state index in [0.717, 1.165) is 12.1 Å². The minimum Gasteiger partial charge on any atom is -0.355 e. The molecule has 0 fully saturated rings. The Kier molecular flexibility index (Phi) is 3.92. The number of halogens is 5. The molecule has 1 heterocycles. The molecule has 0 amide bonds. The fraction of sp³-hybridized carbons (Fsp3) is 0.0667. The third kappa shape index (κ3) is 3.34. The first-order chi connectivity index (χ1) is 11.3. The van der Waals surface area contributed by atoms with E-state index in [-0.39, 0.29) is 17.1 Å². The fourth-order valence-corrected chi connectivity index (χ4v) is 1.93. The molecule has 0 aliphatic carbocycles. The molecular formula is C15H8F5N3O. The van der Waals surface area contributed by atoms with Gasteiger partial charge in [-0.05, 0) is 24.3 Å². The van der Waals surface area contributed by atoms with Gasteiger partial charge in [0.15, 0.2) is 11.6 Å². The summed E-state index contributed by atoms with van der Waals surface area (Å²) in [5, 5.41) is 6.09. The summed E-state index contributed by atoms with van der Waals surface area (Å²) in [7, 11) is 0. The lowest BCUT2D eigenvalue weighted by Crippen LogP contribution is -2.04. The molecule has 124 valence electrons. The Morgan fingerprint density at radius 2 is 1.67 bits per heavy atom. The van der Waals surface area contributed by atoms with Crippen molar-refractivity contribution >= 4 is 11.4 Å². The Morgan fingerprint density at radius 1 is 0.917 bits per heavy atom. The van der Waals surface area contributed by atoms with Gasteiger partial charge in [0.2, 0.25) is 5.82 Å². The third-order valence-corrected chi connectivity index (χ3v) is 3.00. The molecule has 4 nitrogen and oxygen atoms in total. The molecule has 1 N–H and O–H groups in total. The van der Waals surface area contributed by atoms with Gasteiger partial charge in [0.1, 0.15) is 0 Å². The van der Waals surface area contributed by atoms with Crippen LogP contribution in [0.2, 0.25) is 0 Å². The number of nitrogens with one attached hydrogen (secondary N) is 1. The van der Waals surface area contributed by atoms with E-state index in [9.17, 15) is 22.0 Å². The number of rotatable bonds is 3. The van der Waals surface area contributed by atoms with Crippen LogP contribution in [-0.4, -0.2) is 10.1 Å². The van der Waals surface area contributed by atoms with Gasteiger partial charge in [0.05, 0.1) is 0 Å². The highest BCUT2D eigenvalue weighted by Gasteiger charge is 2.38. The Balaban J connectivity index is 1.86. The van der Waals surface area contributed by atoms with E-state index in [1.165, 1.54) is 18.2 Å². The summed E-state index contributed by atoms with van der Waals surface area (Å²) in [5.74, 6) is -3.70. The van der Waals surface area contributed by atoms with E-state index in [4.69, 9.17) is 0 Å². The standard InChI is InChI=1S/C15H8F5N3O/c16-11-5-4-10(7-12(11)17)21-9-3-1-2-8(6-9)13-22-14(24-23-13)15(18,19)20/h1-7,21H. The lowest BCUT2D eigenvalue weighted by molar-refractivity contribution is -0.159. The van der Waals surface area contributed by atoms with E-state index >= 15 is 0 Å². The van der Waals surface area contributed by atoms with Crippen LogP contribution in [0, 0.1) is 11.6 Å². The third-order valence-electron chi connectivity index (χ3n) is 3.00. The molecule has 0 atom stereocenters. The maximum Gasteiger partial charge on any atom is 0.471 e. The van der Waals surface area contributed by atoms with Gasteiger partial charge in [0, 0.05) is 23.0 Å². The fourth-order valence-electron chi connectivity index (χ4n) is 1.93. The first kappa shape index (κ1) is 15.9. The number of anilines is 2. The minimum atomic E-state index is -4.73. The summed E-state index contributed by atoms with van der Waals surface area (Å²) >= 11 is 0. The summed E-state index contributed by atoms with van der Waals surface area (Å²) in [6.07, 6.45) is -4.73. The normalized spacial score (nSPS) is 11.5. The Labute approximate surface area is 131 Å². The second-order valence-electron chi connectivity index (χ2n) is 4.76. The highest BCUT2D eigenvalue weighted by atomic mass is 19.4. The molecule has 1 aromatic heterocycles. The topological polar surface area (TPSA) is 51.0 Å². The van der Waals surface area contributed by atoms with Gasteiger partial charge >= 0.3 is 12.1 Å². The summed E-state index contributed by atoms with van der Waals surface area (Å²) < 4.78 is 67.7. The zero-order chi connectivity index (χ0) is 17.3. The van der Waals surface area contributed by atoms with Crippen molar-refractivity contribution in [1.29, 1.82) is 0 Å². The summed E-state index contributed by atoms with van der Waals surface area (Å²) in [6.45, 7) is 0. The van der Waals surface area contributed by atoms with E-state index in [2.05, 4.69) is 20.0 Å². The van der Waals surface area contributed by atoms with Crippen LogP contribution in [0.15, 0.2) is 47.0 Å². The largest absolute Gasteiger partial charge is 0.471 e. The summed E-state index contributed by atoms with van der Waals surface area (Å²) in [6, 6.07) is 9.31. The number of alkyl halides is 3. The monoisotopic (exact) mass is 341 g/mol. The molecule has 0 saturated carbocycles. The maximum absolute atomic E-state index is 13.2. The molecule has 9 heteroatoms. The van der Waals surface area contributed by atoms with Crippen LogP contribution in [0.1, 0.15) is 5.89 Å². The quantitative estimate of drug-likeness (QED) is 0.697. The molecule has 0 saturated heterocycles. The Bertz CT molecular complexity index is 876. The van der Waals surface area contributed by atoms with E-state index < -0.39 is 23.7 Å². The zero-order valence-corrected chi connectivity index (χ0v) is 11.7. The van der Waals surface area contributed by atoms with Gasteiger partial charge < -0.3 is 9.84 Å². The lowest BCUT2D eigenvalue weighted by Gasteiger charge is -2.07. The van der Waals surface area contributed by atoms with Crippen LogP contribution in [0.5, 0.6) is 0 Å². The van der Waals surface area contributed by atoms with Crippen LogP contribution in [0.3, 0.4) is 0 Å². The van der Waals surface area contributed by atoms with Crippen molar-refractivity contribution in [3.63, 3.8) is 0 Å². The van der Waals surface area contributed by atoms with Crippen molar-refractivity contribution in [1.82, 2.24) is 10.1 Å². The molecule has 0 aliphatic rings. The molecule has 0 bridgehead atoms. The van der Waals surface area contributed by atoms with Crippen LogP contribution < -0.4 is 5.32 Å². The van der Waals surface area contributed by atoms with Gasteiger partial charge in [-0.25, -0.2) is 8.78 Å². The SMILES string of the molecule is Fc1ccc(Nc2cccc(-c3noc(C(F)(F)F)n3)c2)cc1F. The average molecular weight is 341 g/mol. The molecular weight excluding hydrogens is 333 g/mol. The van der Waals surface area contributed by atoms with E-state index in [1.54, 1.807) is 12.1 Å². The maximum atomic E-state index is 13.2. The molecule has 3 aromatic rings. The molecule has 0 unspecified atom stereocenters. The molecule has 0 aliphatic heterocycles. The Hall–Kier alpha value is -2.97. The van der Waals surface area contributed by atoms with Crippen LogP contribution >= 0.6 is 0 Å². The average Bonchev–Trinajstić information content (AvgIpc) is 3.01.